The molecule has 0 saturated heterocycles. The van der Waals surface area contributed by atoms with Crippen LogP contribution in [0.25, 0.3) is 11.1 Å². The number of ketones is 1. The van der Waals surface area contributed by atoms with Crippen molar-refractivity contribution in [3.05, 3.63) is 59.7 Å². The van der Waals surface area contributed by atoms with Crippen LogP contribution in [0.2, 0.25) is 0 Å². The number of amides is 2. The Morgan fingerprint density at radius 2 is 1.38 bits per heavy atom. The maximum Gasteiger partial charge on any atom is 0.407 e. The molecule has 4 N–H and O–H groups in total. The second-order valence-electron chi connectivity index (χ2n) is 9.64. The van der Waals surface area contributed by atoms with Crippen LogP contribution in [-0.2, 0) is 23.9 Å². The summed E-state index contributed by atoms with van der Waals surface area (Å²) in [6.07, 6.45) is 1.20. The molecule has 0 aliphatic heterocycles. The van der Waals surface area contributed by atoms with Crippen LogP contribution in [0.4, 0.5) is 4.79 Å². The first-order valence-corrected chi connectivity index (χ1v) is 13.8. The van der Waals surface area contributed by atoms with Gasteiger partial charge in [0.25, 0.3) is 0 Å². The van der Waals surface area contributed by atoms with Gasteiger partial charge in [0, 0.05) is 24.5 Å². The van der Waals surface area contributed by atoms with Gasteiger partial charge in [-0.15, -0.1) is 0 Å². The molecule has 10 nitrogen and oxygen atoms in total. The number of thiol groups is 1. The molecular weight excluding hydrogens is 536 g/mol. The van der Waals surface area contributed by atoms with Gasteiger partial charge in [0.1, 0.15) is 12.6 Å². The second-order valence-corrected chi connectivity index (χ2v) is 10.0. The molecule has 0 heterocycles. The fraction of sp³-hybridized carbons (Fsp3) is 0.414. The zero-order chi connectivity index (χ0) is 29.1. The molecule has 0 aromatic heterocycles. The van der Waals surface area contributed by atoms with E-state index in [0.29, 0.717) is 25.7 Å². The van der Waals surface area contributed by atoms with E-state index < -0.39 is 42.4 Å². The summed E-state index contributed by atoms with van der Waals surface area (Å²) in [6.45, 7) is 0.143. The molecule has 40 heavy (non-hydrogen) atoms. The van der Waals surface area contributed by atoms with E-state index in [0.717, 1.165) is 22.3 Å². The number of unbranched alkanes of at least 4 members (excludes halogenated alkanes) is 3. The maximum absolute atomic E-state index is 12.6. The highest BCUT2D eigenvalue weighted by Gasteiger charge is 2.29. The van der Waals surface area contributed by atoms with Gasteiger partial charge >= 0.3 is 18.0 Å². The highest BCUT2D eigenvalue weighted by molar-refractivity contribution is 7.80. The molecule has 11 heteroatoms. The topological polar surface area (TPSA) is 159 Å². The number of hydrogen-bond acceptors (Lipinski definition) is 7. The van der Waals surface area contributed by atoms with Gasteiger partial charge in [0.2, 0.25) is 5.91 Å². The van der Waals surface area contributed by atoms with Crippen molar-refractivity contribution in [1.82, 2.24) is 10.6 Å². The molecule has 3 rings (SSSR count). The van der Waals surface area contributed by atoms with Gasteiger partial charge in [0.15, 0.2) is 5.78 Å². The highest BCUT2D eigenvalue weighted by atomic mass is 32.1. The third-order valence-corrected chi connectivity index (χ3v) is 7.16. The molecule has 2 unspecified atom stereocenters. The molecule has 1 aliphatic carbocycles. The molecule has 2 aromatic rings. The van der Waals surface area contributed by atoms with E-state index in [1.807, 2.05) is 36.4 Å². The number of rotatable bonds is 16. The summed E-state index contributed by atoms with van der Waals surface area (Å²) in [4.78, 5) is 58.8. The van der Waals surface area contributed by atoms with E-state index >= 15 is 0 Å². The van der Waals surface area contributed by atoms with E-state index in [1.54, 1.807) is 0 Å². The van der Waals surface area contributed by atoms with Crippen LogP contribution < -0.4 is 10.6 Å². The molecule has 2 aromatic carbocycles. The largest absolute Gasteiger partial charge is 0.481 e. The number of carboxylic acids is 2. The number of alkyl carbamates (subject to hydrolysis) is 1. The van der Waals surface area contributed by atoms with Gasteiger partial charge in [-0.1, -0.05) is 61.4 Å². The minimum absolute atomic E-state index is 0.0555. The molecule has 0 saturated carbocycles. The molecule has 0 bridgehead atoms. The lowest BCUT2D eigenvalue weighted by molar-refractivity contribution is -0.147. The monoisotopic (exact) mass is 570 g/mol. The summed E-state index contributed by atoms with van der Waals surface area (Å²) < 4.78 is 5.52. The zero-order valence-electron chi connectivity index (χ0n) is 22.0. The van der Waals surface area contributed by atoms with Crippen LogP contribution in [0.15, 0.2) is 48.5 Å². The number of carbonyl (C=O) groups is 5. The lowest BCUT2D eigenvalue weighted by Crippen LogP contribution is -2.42. The standard InChI is InChI=1S/C29H34N2O8S/c32-25(13-3-1-2-4-14-26(33)30-23(28(36)37)15-27(34)35)24(17-40)31-29(38)39-16-22-20-11-7-5-9-18(20)19-10-6-8-12-21(19)22/h5-12,22-24,40H,1-4,13-17H2,(H,30,33)(H,31,38)(H,34,35)(H,36,37). The van der Waals surface area contributed by atoms with Gasteiger partial charge in [-0.25, -0.2) is 9.59 Å². The predicted molar refractivity (Wildman–Crippen MR) is 150 cm³/mol. The third-order valence-electron chi connectivity index (χ3n) is 6.80. The van der Waals surface area contributed by atoms with Crippen LogP contribution in [0, 0.1) is 0 Å². The molecule has 1 aliphatic rings. The van der Waals surface area contributed by atoms with Crippen molar-refractivity contribution >= 4 is 42.4 Å². The van der Waals surface area contributed by atoms with Gasteiger partial charge < -0.3 is 25.6 Å². The van der Waals surface area contributed by atoms with Crippen LogP contribution in [0.5, 0.6) is 0 Å². The summed E-state index contributed by atoms with van der Waals surface area (Å²) in [7, 11) is 0. The van der Waals surface area contributed by atoms with Crippen LogP contribution >= 0.6 is 12.6 Å². The zero-order valence-corrected chi connectivity index (χ0v) is 22.9. The molecule has 0 spiro atoms. The Morgan fingerprint density at radius 3 is 1.93 bits per heavy atom. The lowest BCUT2D eigenvalue weighted by atomic mass is 9.98. The minimum atomic E-state index is -1.47. The Balaban J connectivity index is 1.36. The first-order chi connectivity index (χ1) is 19.2. The SMILES string of the molecule is O=C(O)CC(NC(=O)CCCCCCC(=O)C(CS)NC(=O)OCC1c2ccccc2-c2ccccc21)C(=O)O. The number of Topliss-reactive ketones (excluding diaryl/α,β-unsaturated/α-hetero) is 1. The van der Waals surface area contributed by atoms with E-state index in [9.17, 15) is 24.0 Å². The molecule has 214 valence electrons. The number of carbonyl (C=O) groups excluding carboxylic acids is 3. The number of nitrogens with one attached hydrogen (secondary N) is 2. The normalized spacial score (nSPS) is 13.4. The number of carboxylic acid groups (broad SMARTS) is 2. The highest BCUT2D eigenvalue weighted by Crippen LogP contribution is 2.44. The first-order valence-electron chi connectivity index (χ1n) is 13.2. The number of ether oxygens (including phenoxy) is 1. The molecular formula is C29H34N2O8S. The van der Waals surface area contributed by atoms with E-state index in [-0.39, 0.29) is 36.9 Å². The smallest absolute Gasteiger partial charge is 0.407 e. The van der Waals surface area contributed by atoms with Gasteiger partial charge in [0.05, 0.1) is 12.5 Å². The lowest BCUT2D eigenvalue weighted by Gasteiger charge is -2.18. The van der Waals surface area contributed by atoms with Crippen molar-refractivity contribution in [3.63, 3.8) is 0 Å². The van der Waals surface area contributed by atoms with Gasteiger partial charge in [-0.05, 0) is 35.1 Å². The quantitative estimate of drug-likeness (QED) is 0.151. The average Bonchev–Trinajstić information content (AvgIpc) is 3.25. The van der Waals surface area contributed by atoms with Gasteiger partial charge in [-0.2, -0.15) is 12.6 Å². The number of fused-ring (bicyclic) bond motifs is 3. The van der Waals surface area contributed by atoms with E-state index in [1.165, 1.54) is 0 Å². The van der Waals surface area contributed by atoms with Crippen molar-refractivity contribution in [2.75, 3.05) is 12.4 Å². The summed E-state index contributed by atoms with van der Waals surface area (Å²) in [5.41, 5.74) is 4.44. The third kappa shape index (κ3) is 8.57. The molecule has 2 amide bonds. The van der Waals surface area contributed by atoms with Crippen molar-refractivity contribution in [2.45, 2.75) is 62.9 Å². The van der Waals surface area contributed by atoms with Crippen LogP contribution in [-0.4, -0.2) is 64.4 Å². The summed E-state index contributed by atoms with van der Waals surface area (Å²) in [5, 5.41) is 22.5. The molecule has 2 atom stereocenters. The fourth-order valence-electron chi connectivity index (χ4n) is 4.76. The van der Waals surface area contributed by atoms with Gasteiger partial charge in [-0.3, -0.25) is 14.4 Å². The van der Waals surface area contributed by atoms with Crippen molar-refractivity contribution in [1.29, 1.82) is 0 Å². The molecule has 0 radical (unpaired) electrons. The van der Waals surface area contributed by atoms with Crippen LogP contribution in [0.3, 0.4) is 0 Å². The Kier molecular flexibility index (Phi) is 11.6. The van der Waals surface area contributed by atoms with Crippen molar-refractivity contribution in [2.24, 2.45) is 0 Å². The number of benzene rings is 2. The Labute approximate surface area is 237 Å². The Bertz CT molecular complexity index is 1190. The predicted octanol–water partition coefficient (Wildman–Crippen LogP) is 3.78. The van der Waals surface area contributed by atoms with E-state index in [2.05, 4.69) is 35.4 Å². The van der Waals surface area contributed by atoms with Crippen molar-refractivity contribution < 1.29 is 38.9 Å². The number of aliphatic carboxylic acids is 2. The summed E-state index contributed by atoms with van der Waals surface area (Å²) in [5.74, 6) is -3.38. The minimum Gasteiger partial charge on any atom is -0.481 e. The summed E-state index contributed by atoms with van der Waals surface area (Å²) in [6, 6.07) is 13.8. The second kappa shape index (κ2) is 15.1. The number of hydrogen-bond donors (Lipinski definition) is 5. The van der Waals surface area contributed by atoms with Crippen molar-refractivity contribution in [3.8, 4) is 11.1 Å². The maximum atomic E-state index is 12.6. The average molecular weight is 571 g/mol. The Morgan fingerprint density at radius 1 is 0.800 bits per heavy atom. The fourth-order valence-corrected chi connectivity index (χ4v) is 5.06. The first kappa shape index (κ1) is 30.7. The van der Waals surface area contributed by atoms with Crippen LogP contribution in [0.1, 0.15) is 62.0 Å². The molecule has 0 fully saturated rings. The summed E-state index contributed by atoms with van der Waals surface area (Å²) >= 11 is 4.21. The Hall–Kier alpha value is -3.86. The van der Waals surface area contributed by atoms with E-state index in [4.69, 9.17) is 14.9 Å².